The number of fused-ring (bicyclic) bond motifs is 2. The Morgan fingerprint density at radius 3 is 3.00 bits per heavy atom. The number of halogens is 2. The van der Waals surface area contributed by atoms with Crippen LogP contribution < -0.4 is 5.32 Å². The van der Waals surface area contributed by atoms with Gasteiger partial charge >= 0.3 is 0 Å². The van der Waals surface area contributed by atoms with Gasteiger partial charge in [0.15, 0.2) is 0 Å². The number of nitrogens with one attached hydrogen (secondary N) is 2. The lowest BCUT2D eigenvalue weighted by Gasteiger charge is -2.24. The van der Waals surface area contributed by atoms with E-state index in [1.807, 2.05) is 30.3 Å². The minimum Gasteiger partial charge on any atom is -0.385 e. The molecule has 2 N–H and O–H groups in total. The van der Waals surface area contributed by atoms with Gasteiger partial charge in [0, 0.05) is 65.4 Å². The van der Waals surface area contributed by atoms with Crippen LogP contribution in [0.25, 0.3) is 22.0 Å². The molecule has 1 saturated heterocycles. The Kier molecular flexibility index (Phi) is 7.11. The number of likely N-dealkylation sites (tertiary alicyclic amines) is 1. The van der Waals surface area contributed by atoms with Crippen molar-refractivity contribution in [2.45, 2.75) is 31.7 Å². The second-order valence-electron chi connectivity index (χ2n) is 9.12. The highest BCUT2D eigenvalue weighted by Crippen LogP contribution is 2.40. The van der Waals surface area contributed by atoms with Crippen molar-refractivity contribution in [3.8, 4) is 0 Å². The highest BCUT2D eigenvalue weighted by molar-refractivity contribution is 9.10. The molecule has 7 heteroatoms. The summed E-state index contributed by atoms with van der Waals surface area (Å²) in [6.45, 7) is 3.37. The lowest BCUT2D eigenvalue weighted by molar-refractivity contribution is -0.115. The van der Waals surface area contributed by atoms with Gasteiger partial charge < -0.3 is 15.0 Å². The van der Waals surface area contributed by atoms with Crippen LogP contribution in [0.2, 0.25) is 5.02 Å². The molecular weight excluding hydrogens is 514 g/mol. The third-order valence-electron chi connectivity index (χ3n) is 6.98. The normalized spacial score (nSPS) is 18.1. The topological polar surface area (TPSA) is 57.4 Å². The number of aromatic nitrogens is 1. The molecule has 1 aromatic heterocycles. The lowest BCUT2D eigenvalue weighted by Crippen LogP contribution is -2.38. The number of rotatable bonds is 8. The molecule has 2 aliphatic rings. The van der Waals surface area contributed by atoms with Crippen LogP contribution in [0.4, 0.5) is 0 Å². The van der Waals surface area contributed by atoms with Gasteiger partial charge in [-0.1, -0.05) is 33.6 Å². The first-order valence-corrected chi connectivity index (χ1v) is 13.0. The molecule has 2 heterocycles. The van der Waals surface area contributed by atoms with Gasteiger partial charge in [-0.2, -0.15) is 0 Å². The van der Waals surface area contributed by atoms with E-state index >= 15 is 0 Å². The standard InChI is InChI=1S/C27H29BrClN3O2/c1-34-12-8-21-3-2-10-32(21)11-9-30-27(33)26-22-6-4-19(28)13-17(22)15-23(26)25-16-18-14-20(29)5-7-24(18)31-25/h4-7,13-14,16,21,31H,2-3,8-12,15H2,1H3,(H,30,33). The first-order chi connectivity index (χ1) is 16.5. The van der Waals surface area contributed by atoms with Gasteiger partial charge in [0.1, 0.15) is 0 Å². The van der Waals surface area contributed by atoms with Gasteiger partial charge in [0.25, 0.3) is 5.91 Å². The highest BCUT2D eigenvalue weighted by Gasteiger charge is 2.29. The number of benzene rings is 2. The van der Waals surface area contributed by atoms with E-state index in [4.69, 9.17) is 16.3 Å². The van der Waals surface area contributed by atoms with Crippen molar-refractivity contribution >= 4 is 55.5 Å². The number of carbonyl (C=O) groups is 1. The predicted molar refractivity (Wildman–Crippen MR) is 142 cm³/mol. The average molecular weight is 543 g/mol. The molecule has 34 heavy (non-hydrogen) atoms. The van der Waals surface area contributed by atoms with Crippen molar-refractivity contribution in [1.82, 2.24) is 15.2 Å². The van der Waals surface area contributed by atoms with Crippen molar-refractivity contribution in [3.05, 3.63) is 68.8 Å². The number of H-pyrrole nitrogens is 1. The van der Waals surface area contributed by atoms with Gasteiger partial charge in [-0.05, 0) is 78.9 Å². The summed E-state index contributed by atoms with van der Waals surface area (Å²) < 4.78 is 6.29. The van der Waals surface area contributed by atoms with E-state index < -0.39 is 0 Å². The molecule has 1 atom stereocenters. The largest absolute Gasteiger partial charge is 0.385 e. The summed E-state index contributed by atoms with van der Waals surface area (Å²) in [7, 11) is 1.75. The minimum absolute atomic E-state index is 0.0135. The van der Waals surface area contributed by atoms with E-state index in [1.165, 1.54) is 12.8 Å². The summed E-state index contributed by atoms with van der Waals surface area (Å²) in [5, 5.41) is 4.96. The molecule has 1 aliphatic heterocycles. The molecule has 0 spiro atoms. The average Bonchev–Trinajstić information content (AvgIpc) is 3.53. The predicted octanol–water partition coefficient (Wildman–Crippen LogP) is 5.67. The fourth-order valence-corrected chi connectivity index (χ4v) is 5.91. The molecule has 3 aromatic rings. The Morgan fingerprint density at radius 1 is 1.26 bits per heavy atom. The number of methoxy groups -OCH3 is 1. The second kappa shape index (κ2) is 10.2. The lowest BCUT2D eigenvalue weighted by atomic mass is 10.0. The molecule has 0 saturated carbocycles. The first kappa shape index (κ1) is 23.6. The molecule has 5 rings (SSSR count). The summed E-state index contributed by atoms with van der Waals surface area (Å²) in [6, 6.07) is 14.6. The van der Waals surface area contributed by atoms with Gasteiger partial charge in [0.2, 0.25) is 0 Å². The highest BCUT2D eigenvalue weighted by atomic mass is 79.9. The second-order valence-corrected chi connectivity index (χ2v) is 10.5. The van der Waals surface area contributed by atoms with Crippen LogP contribution in [-0.4, -0.2) is 55.2 Å². The molecule has 0 radical (unpaired) electrons. The van der Waals surface area contributed by atoms with Gasteiger partial charge in [0.05, 0.1) is 5.57 Å². The summed E-state index contributed by atoms with van der Waals surface area (Å²) in [5.41, 5.74) is 5.93. The van der Waals surface area contributed by atoms with Gasteiger partial charge in [-0.15, -0.1) is 0 Å². The summed E-state index contributed by atoms with van der Waals surface area (Å²) in [4.78, 5) is 19.5. The molecule has 0 bridgehead atoms. The van der Waals surface area contributed by atoms with Crippen molar-refractivity contribution in [3.63, 3.8) is 0 Å². The number of hydrogen-bond donors (Lipinski definition) is 2. The van der Waals surface area contributed by atoms with Gasteiger partial charge in [-0.3, -0.25) is 9.69 Å². The maximum absolute atomic E-state index is 13.5. The molecule has 1 fully saturated rings. The molecular formula is C27H29BrClN3O2. The third kappa shape index (κ3) is 4.82. The van der Waals surface area contributed by atoms with Crippen molar-refractivity contribution < 1.29 is 9.53 Å². The molecule has 1 unspecified atom stereocenters. The Morgan fingerprint density at radius 2 is 2.15 bits per heavy atom. The number of carbonyl (C=O) groups excluding carboxylic acids is 1. The number of amides is 1. The van der Waals surface area contributed by atoms with Crippen LogP contribution in [0.3, 0.4) is 0 Å². The minimum atomic E-state index is -0.0135. The Balaban J connectivity index is 1.38. The number of hydrogen-bond acceptors (Lipinski definition) is 3. The maximum Gasteiger partial charge on any atom is 0.252 e. The summed E-state index contributed by atoms with van der Waals surface area (Å²) in [6.07, 6.45) is 4.18. The van der Waals surface area contributed by atoms with Crippen molar-refractivity contribution in [2.24, 2.45) is 0 Å². The van der Waals surface area contributed by atoms with Crippen LogP contribution in [0, 0.1) is 0 Å². The Bertz CT molecular complexity index is 1250. The van der Waals surface area contributed by atoms with E-state index in [1.54, 1.807) is 7.11 Å². The number of allylic oxidation sites excluding steroid dienone is 1. The zero-order chi connectivity index (χ0) is 23.7. The SMILES string of the molecule is COCCC1CCCN1CCNC(=O)C1=C(c2cc3cc(Cl)ccc3[nH]2)Cc2cc(Br)ccc21. The fourth-order valence-electron chi connectivity index (χ4n) is 5.32. The van der Waals surface area contributed by atoms with Crippen LogP contribution in [0.5, 0.6) is 0 Å². The molecule has 5 nitrogen and oxygen atoms in total. The monoisotopic (exact) mass is 541 g/mol. The Labute approximate surface area is 213 Å². The number of nitrogens with zero attached hydrogens (tertiary/aromatic N) is 1. The molecule has 178 valence electrons. The molecule has 2 aromatic carbocycles. The van der Waals surface area contributed by atoms with Crippen molar-refractivity contribution in [1.29, 1.82) is 0 Å². The number of ether oxygens (including phenoxy) is 1. The van der Waals surface area contributed by atoms with Crippen LogP contribution in [0.15, 0.2) is 46.9 Å². The van der Waals surface area contributed by atoms with Crippen LogP contribution >= 0.6 is 27.5 Å². The van der Waals surface area contributed by atoms with Crippen molar-refractivity contribution in [2.75, 3.05) is 33.4 Å². The molecule has 1 amide bonds. The number of aromatic amines is 1. The van der Waals surface area contributed by atoms with E-state index in [0.29, 0.717) is 24.0 Å². The summed E-state index contributed by atoms with van der Waals surface area (Å²) >= 11 is 9.78. The fraction of sp³-hybridized carbons (Fsp3) is 0.370. The van der Waals surface area contributed by atoms with E-state index in [9.17, 15) is 4.79 Å². The zero-order valence-corrected chi connectivity index (χ0v) is 21.6. The van der Waals surface area contributed by atoms with Gasteiger partial charge in [-0.25, -0.2) is 0 Å². The van der Waals surface area contributed by atoms with E-state index in [0.717, 1.165) is 69.5 Å². The van der Waals surface area contributed by atoms with E-state index in [-0.39, 0.29) is 5.91 Å². The molecule has 1 aliphatic carbocycles. The maximum atomic E-state index is 13.5. The van der Waals surface area contributed by atoms with Crippen LogP contribution in [0.1, 0.15) is 36.1 Å². The summed E-state index contributed by atoms with van der Waals surface area (Å²) in [5.74, 6) is -0.0135. The Hall–Kier alpha value is -2.12. The van der Waals surface area contributed by atoms with Crippen LogP contribution in [-0.2, 0) is 16.0 Å². The zero-order valence-electron chi connectivity index (χ0n) is 19.3. The quantitative estimate of drug-likeness (QED) is 0.386. The van der Waals surface area contributed by atoms with E-state index in [2.05, 4.69) is 43.3 Å². The first-order valence-electron chi connectivity index (χ1n) is 11.9. The third-order valence-corrected chi connectivity index (χ3v) is 7.71. The smallest absolute Gasteiger partial charge is 0.252 e.